The predicted octanol–water partition coefficient (Wildman–Crippen LogP) is 4.58. The van der Waals surface area contributed by atoms with Crippen molar-refractivity contribution < 1.29 is 13.9 Å². The van der Waals surface area contributed by atoms with Crippen LogP contribution in [0.15, 0.2) is 36.4 Å². The van der Waals surface area contributed by atoms with E-state index < -0.39 is 5.82 Å². The average Bonchev–Trinajstić information content (AvgIpc) is 2.49. The van der Waals surface area contributed by atoms with Crippen LogP contribution in [0.2, 0.25) is 5.02 Å². The minimum atomic E-state index is -0.437. The summed E-state index contributed by atoms with van der Waals surface area (Å²) < 4.78 is 18.8. The lowest BCUT2D eigenvalue weighted by Crippen LogP contribution is -2.10. The van der Waals surface area contributed by atoms with Gasteiger partial charge in [-0.25, -0.2) is 4.39 Å². The van der Waals surface area contributed by atoms with E-state index in [2.05, 4.69) is 0 Å². The third-order valence-corrected chi connectivity index (χ3v) is 3.91. The van der Waals surface area contributed by atoms with E-state index in [9.17, 15) is 9.18 Å². The molecule has 0 unspecified atom stereocenters. The molecule has 0 saturated carbocycles. The molecule has 2 aromatic carbocycles. The molecule has 0 amide bonds. The molecule has 0 fully saturated rings. The minimum absolute atomic E-state index is 0.0899. The summed E-state index contributed by atoms with van der Waals surface area (Å²) in [5.74, 6) is 0.477. The lowest BCUT2D eigenvalue weighted by molar-refractivity contribution is 0.0972. The number of fused-ring (bicyclic) bond motifs is 1. The maximum atomic E-state index is 13.1. The molecule has 0 spiro atoms. The van der Waals surface area contributed by atoms with Crippen LogP contribution in [0.3, 0.4) is 0 Å². The second-order valence-corrected chi connectivity index (χ2v) is 5.54. The fourth-order valence-electron chi connectivity index (χ4n) is 2.51. The monoisotopic (exact) mass is 304 g/mol. The molecule has 0 N–H and O–H groups in total. The number of hydrogen-bond acceptors (Lipinski definition) is 2. The Balaban J connectivity index is 1.73. The molecule has 2 nitrogen and oxygen atoms in total. The standard InChI is InChI=1S/C17H14ClFO2/c18-15-8-11(4-7-16(15)19)10-21-13-5-6-14-12(9-13)2-1-3-17(14)20/h4-9H,1-3,10H2. The van der Waals surface area contributed by atoms with Crippen molar-refractivity contribution in [2.45, 2.75) is 25.9 Å². The van der Waals surface area contributed by atoms with E-state index in [1.807, 2.05) is 12.1 Å². The van der Waals surface area contributed by atoms with Gasteiger partial charge in [0.25, 0.3) is 0 Å². The molecule has 0 bridgehead atoms. The van der Waals surface area contributed by atoms with Gasteiger partial charge < -0.3 is 4.74 Å². The molecule has 0 aromatic heterocycles. The SMILES string of the molecule is O=C1CCCc2cc(OCc3ccc(F)c(Cl)c3)ccc21. The van der Waals surface area contributed by atoms with Crippen molar-refractivity contribution in [2.75, 3.05) is 0 Å². The topological polar surface area (TPSA) is 26.3 Å². The van der Waals surface area contributed by atoms with Gasteiger partial charge in [0, 0.05) is 12.0 Å². The fraction of sp³-hybridized carbons (Fsp3) is 0.235. The van der Waals surface area contributed by atoms with Crippen LogP contribution in [0.25, 0.3) is 0 Å². The van der Waals surface area contributed by atoms with Gasteiger partial charge in [-0.3, -0.25) is 4.79 Å². The number of carbonyl (C=O) groups excluding carboxylic acids is 1. The normalized spacial score (nSPS) is 13.9. The van der Waals surface area contributed by atoms with Gasteiger partial charge in [0.2, 0.25) is 0 Å². The van der Waals surface area contributed by atoms with Gasteiger partial charge in [0.15, 0.2) is 5.78 Å². The molecule has 3 rings (SSSR count). The first-order valence-corrected chi connectivity index (χ1v) is 7.24. The summed E-state index contributed by atoms with van der Waals surface area (Å²) in [6.45, 7) is 0.312. The van der Waals surface area contributed by atoms with E-state index in [-0.39, 0.29) is 10.8 Å². The number of aryl methyl sites for hydroxylation is 1. The molecular weight excluding hydrogens is 291 g/mol. The van der Waals surface area contributed by atoms with Crippen molar-refractivity contribution in [3.63, 3.8) is 0 Å². The molecule has 108 valence electrons. The second-order valence-electron chi connectivity index (χ2n) is 5.13. The van der Waals surface area contributed by atoms with Crippen LogP contribution in [0, 0.1) is 5.82 Å². The zero-order valence-corrected chi connectivity index (χ0v) is 12.1. The summed E-state index contributed by atoms with van der Waals surface area (Å²) in [6.07, 6.45) is 2.42. The van der Waals surface area contributed by atoms with Crippen LogP contribution >= 0.6 is 11.6 Å². The van der Waals surface area contributed by atoms with Crippen LogP contribution in [0.1, 0.15) is 34.3 Å². The molecule has 21 heavy (non-hydrogen) atoms. The number of halogens is 2. The number of ketones is 1. The van der Waals surface area contributed by atoms with Crippen molar-refractivity contribution in [1.82, 2.24) is 0 Å². The highest BCUT2D eigenvalue weighted by molar-refractivity contribution is 6.30. The molecular formula is C17H14ClFO2. The summed E-state index contributed by atoms with van der Waals surface area (Å²) in [4.78, 5) is 11.8. The van der Waals surface area contributed by atoms with E-state index in [0.29, 0.717) is 18.8 Å². The highest BCUT2D eigenvalue weighted by Crippen LogP contribution is 2.26. The molecule has 0 aliphatic heterocycles. The summed E-state index contributed by atoms with van der Waals surface area (Å²) in [5.41, 5.74) is 2.65. The van der Waals surface area contributed by atoms with Gasteiger partial charge in [0.1, 0.15) is 18.2 Å². The molecule has 0 saturated heterocycles. The van der Waals surface area contributed by atoms with Crippen LogP contribution in [-0.4, -0.2) is 5.78 Å². The number of rotatable bonds is 3. The number of ether oxygens (including phenoxy) is 1. The molecule has 1 aliphatic carbocycles. The van der Waals surface area contributed by atoms with E-state index >= 15 is 0 Å². The maximum absolute atomic E-state index is 13.1. The molecule has 0 radical (unpaired) electrons. The highest BCUT2D eigenvalue weighted by atomic mass is 35.5. The van der Waals surface area contributed by atoms with Gasteiger partial charge >= 0.3 is 0 Å². The summed E-state index contributed by atoms with van der Waals surface area (Å²) in [6, 6.07) is 10.1. The van der Waals surface area contributed by atoms with Crippen LogP contribution in [0.4, 0.5) is 4.39 Å². The first-order valence-electron chi connectivity index (χ1n) is 6.86. The largest absolute Gasteiger partial charge is 0.489 e. The predicted molar refractivity (Wildman–Crippen MR) is 79.5 cm³/mol. The second kappa shape index (κ2) is 5.86. The molecule has 1 aliphatic rings. The first kappa shape index (κ1) is 14.1. The lowest BCUT2D eigenvalue weighted by Gasteiger charge is -2.16. The summed E-state index contributed by atoms with van der Waals surface area (Å²) >= 11 is 5.74. The quantitative estimate of drug-likeness (QED) is 0.830. The minimum Gasteiger partial charge on any atom is -0.489 e. The van der Waals surface area contributed by atoms with Crippen LogP contribution < -0.4 is 4.74 Å². The lowest BCUT2D eigenvalue weighted by atomic mass is 9.90. The van der Waals surface area contributed by atoms with Crippen LogP contribution in [0.5, 0.6) is 5.75 Å². The van der Waals surface area contributed by atoms with Crippen molar-refractivity contribution in [2.24, 2.45) is 0 Å². The number of hydrogen-bond donors (Lipinski definition) is 0. The molecule has 0 atom stereocenters. The van der Waals surface area contributed by atoms with E-state index in [0.717, 1.165) is 29.5 Å². The van der Waals surface area contributed by atoms with Gasteiger partial charge in [-0.05, 0) is 54.3 Å². The average molecular weight is 305 g/mol. The zero-order valence-electron chi connectivity index (χ0n) is 11.4. The smallest absolute Gasteiger partial charge is 0.163 e. The highest BCUT2D eigenvalue weighted by Gasteiger charge is 2.17. The Labute approximate surface area is 127 Å². The van der Waals surface area contributed by atoms with Crippen molar-refractivity contribution in [3.8, 4) is 5.75 Å². The van der Waals surface area contributed by atoms with Crippen molar-refractivity contribution >= 4 is 17.4 Å². The third kappa shape index (κ3) is 3.08. The van der Waals surface area contributed by atoms with Gasteiger partial charge in [0.05, 0.1) is 5.02 Å². The van der Waals surface area contributed by atoms with E-state index in [1.54, 1.807) is 18.2 Å². The van der Waals surface area contributed by atoms with Gasteiger partial charge in [-0.15, -0.1) is 0 Å². The first-order chi connectivity index (χ1) is 10.1. The third-order valence-electron chi connectivity index (χ3n) is 3.62. The number of carbonyl (C=O) groups is 1. The number of Topliss-reactive ketones (excluding diaryl/α,β-unsaturated/α-hetero) is 1. The Morgan fingerprint density at radius 3 is 2.81 bits per heavy atom. The summed E-state index contributed by atoms with van der Waals surface area (Å²) in [5, 5.41) is 0.0899. The molecule has 4 heteroatoms. The molecule has 2 aromatic rings. The Kier molecular flexibility index (Phi) is 3.93. The van der Waals surface area contributed by atoms with E-state index in [1.165, 1.54) is 6.07 Å². The van der Waals surface area contributed by atoms with Crippen molar-refractivity contribution in [3.05, 3.63) is 63.9 Å². The maximum Gasteiger partial charge on any atom is 0.163 e. The van der Waals surface area contributed by atoms with Gasteiger partial charge in [-0.2, -0.15) is 0 Å². The Morgan fingerprint density at radius 1 is 1.14 bits per heavy atom. The van der Waals surface area contributed by atoms with Crippen LogP contribution in [-0.2, 0) is 13.0 Å². The zero-order chi connectivity index (χ0) is 14.8. The Morgan fingerprint density at radius 2 is 2.00 bits per heavy atom. The number of benzene rings is 2. The summed E-state index contributed by atoms with van der Waals surface area (Å²) in [7, 11) is 0. The molecule has 0 heterocycles. The van der Waals surface area contributed by atoms with Gasteiger partial charge in [-0.1, -0.05) is 17.7 Å². The van der Waals surface area contributed by atoms with E-state index in [4.69, 9.17) is 16.3 Å². The Hall–Kier alpha value is -1.87. The van der Waals surface area contributed by atoms with Crippen molar-refractivity contribution in [1.29, 1.82) is 0 Å². The Bertz CT molecular complexity index is 697. The fourth-order valence-corrected chi connectivity index (χ4v) is 2.71.